The Morgan fingerprint density at radius 2 is 1.82 bits per heavy atom. The van der Waals surface area contributed by atoms with Crippen LogP contribution < -0.4 is 9.47 Å². The van der Waals surface area contributed by atoms with Crippen LogP contribution in [-0.2, 0) is 12.3 Å². The van der Waals surface area contributed by atoms with E-state index in [0.29, 0.717) is 6.54 Å². The monoisotopic (exact) mass is 227 g/mol. The van der Waals surface area contributed by atoms with Crippen molar-refractivity contribution < 1.29 is 9.67 Å². The molecule has 2 aromatic rings. The van der Waals surface area contributed by atoms with Gasteiger partial charge in [-0.1, -0.05) is 36.4 Å². The molecule has 1 atom stereocenters. The van der Waals surface area contributed by atoms with Crippen LogP contribution in [0.5, 0.6) is 0 Å². The smallest absolute Gasteiger partial charge is 0.279 e. The molecule has 0 radical (unpaired) electrons. The van der Waals surface area contributed by atoms with Gasteiger partial charge in [0.1, 0.15) is 0 Å². The van der Waals surface area contributed by atoms with E-state index in [9.17, 15) is 5.11 Å². The molecule has 1 aromatic heterocycles. The number of anilines is 1. The third-order valence-corrected chi connectivity index (χ3v) is 3.44. The zero-order chi connectivity index (χ0) is 11.9. The Labute approximate surface area is 101 Å². The number of rotatable bonds is 1. The van der Waals surface area contributed by atoms with Crippen molar-refractivity contribution in [3.63, 3.8) is 0 Å². The molecule has 1 unspecified atom stereocenters. The number of hydrogen-bond donors (Lipinski definition) is 1. The molecular weight excluding hydrogens is 212 g/mol. The maximum absolute atomic E-state index is 10.9. The summed E-state index contributed by atoms with van der Waals surface area (Å²) in [7, 11) is 1.92. The first-order chi connectivity index (χ1) is 8.22. The largest absolute Gasteiger partial charge is 0.346 e. The Bertz CT molecular complexity index is 541. The van der Waals surface area contributed by atoms with Crippen molar-refractivity contribution in [2.24, 2.45) is 0 Å². The fourth-order valence-electron chi connectivity index (χ4n) is 2.43. The van der Waals surface area contributed by atoms with E-state index < -0.39 is 5.72 Å². The second-order valence-electron chi connectivity index (χ2n) is 4.43. The van der Waals surface area contributed by atoms with Crippen molar-refractivity contribution in [3.8, 4) is 0 Å². The van der Waals surface area contributed by atoms with Gasteiger partial charge in [-0.05, 0) is 6.07 Å². The van der Waals surface area contributed by atoms with Gasteiger partial charge in [0.05, 0.1) is 13.2 Å². The minimum Gasteiger partial charge on any atom is -0.346 e. The van der Waals surface area contributed by atoms with Crippen molar-refractivity contribution in [2.45, 2.75) is 12.3 Å². The van der Waals surface area contributed by atoms with Crippen molar-refractivity contribution in [1.29, 1.82) is 0 Å². The lowest BCUT2D eigenvalue weighted by Gasteiger charge is -2.24. The quantitative estimate of drug-likeness (QED) is 0.743. The Hall–Kier alpha value is -1.87. The number of likely N-dealkylation sites (N-methyl/N-ethyl adjacent to an activating group) is 1. The van der Waals surface area contributed by atoms with Crippen LogP contribution in [0, 0.1) is 0 Å². The molecule has 0 saturated carbocycles. The minimum atomic E-state index is -0.949. The first-order valence-electron chi connectivity index (χ1n) is 5.72. The highest BCUT2D eigenvalue weighted by Gasteiger charge is 2.49. The van der Waals surface area contributed by atoms with E-state index in [-0.39, 0.29) is 0 Å². The highest BCUT2D eigenvalue weighted by molar-refractivity contribution is 5.41. The van der Waals surface area contributed by atoms with E-state index in [1.807, 2.05) is 66.7 Å². The third-order valence-electron chi connectivity index (χ3n) is 3.44. The molecule has 86 valence electrons. The molecule has 0 spiro atoms. The van der Waals surface area contributed by atoms with Gasteiger partial charge in [0.15, 0.2) is 6.54 Å². The standard InChI is InChI=1S/C14H15N2O/c1-15-13-9-5-6-10-16(13)11-14(15,17)12-7-3-2-4-8-12/h2-10,17H,11H2,1H3/q+1. The van der Waals surface area contributed by atoms with Crippen LogP contribution in [0.3, 0.4) is 0 Å². The second kappa shape index (κ2) is 3.57. The van der Waals surface area contributed by atoms with Crippen molar-refractivity contribution >= 4 is 5.82 Å². The molecule has 1 aliphatic heterocycles. The van der Waals surface area contributed by atoms with Crippen LogP contribution in [-0.4, -0.2) is 12.2 Å². The Kier molecular flexibility index (Phi) is 2.16. The first kappa shape index (κ1) is 10.3. The fourth-order valence-corrected chi connectivity index (χ4v) is 2.43. The third kappa shape index (κ3) is 1.43. The summed E-state index contributed by atoms with van der Waals surface area (Å²) in [5.74, 6) is 1.03. The van der Waals surface area contributed by atoms with E-state index in [1.54, 1.807) is 0 Å². The molecule has 3 rings (SSSR count). The van der Waals surface area contributed by atoms with Gasteiger partial charge in [-0.25, -0.2) is 9.47 Å². The van der Waals surface area contributed by atoms with Crippen LogP contribution in [0.4, 0.5) is 5.82 Å². The van der Waals surface area contributed by atoms with Crippen LogP contribution >= 0.6 is 0 Å². The molecule has 1 aromatic carbocycles. The number of nitrogens with zero attached hydrogens (tertiary/aromatic N) is 2. The highest BCUT2D eigenvalue weighted by atomic mass is 16.3. The summed E-state index contributed by atoms with van der Waals surface area (Å²) in [6, 6.07) is 15.8. The molecule has 2 heterocycles. The average molecular weight is 227 g/mol. The highest BCUT2D eigenvalue weighted by Crippen LogP contribution is 2.32. The summed E-state index contributed by atoms with van der Waals surface area (Å²) in [4.78, 5) is 1.92. The molecule has 1 N–H and O–H groups in total. The Balaban J connectivity index is 2.09. The summed E-state index contributed by atoms with van der Waals surface area (Å²) in [5, 5.41) is 10.9. The molecule has 0 aliphatic carbocycles. The summed E-state index contributed by atoms with van der Waals surface area (Å²) < 4.78 is 2.06. The summed E-state index contributed by atoms with van der Waals surface area (Å²) >= 11 is 0. The van der Waals surface area contributed by atoms with E-state index in [1.165, 1.54) is 0 Å². The van der Waals surface area contributed by atoms with Crippen molar-refractivity contribution in [1.82, 2.24) is 0 Å². The maximum Gasteiger partial charge on any atom is 0.279 e. The number of hydrogen-bond acceptors (Lipinski definition) is 2. The van der Waals surface area contributed by atoms with Crippen LogP contribution in [0.25, 0.3) is 0 Å². The van der Waals surface area contributed by atoms with E-state index in [4.69, 9.17) is 0 Å². The number of benzene rings is 1. The van der Waals surface area contributed by atoms with E-state index in [2.05, 4.69) is 4.57 Å². The number of aliphatic hydroxyl groups is 1. The zero-order valence-electron chi connectivity index (χ0n) is 9.74. The SMILES string of the molecule is CN1c2cccc[n+]2CC1(O)c1ccccc1. The van der Waals surface area contributed by atoms with Gasteiger partial charge in [-0.2, -0.15) is 0 Å². The van der Waals surface area contributed by atoms with Crippen molar-refractivity contribution in [3.05, 3.63) is 60.3 Å². The molecule has 0 fully saturated rings. The topological polar surface area (TPSA) is 27.4 Å². The lowest BCUT2D eigenvalue weighted by atomic mass is 10.0. The normalized spacial score (nSPS) is 22.6. The maximum atomic E-state index is 10.9. The lowest BCUT2D eigenvalue weighted by molar-refractivity contribution is -0.683. The van der Waals surface area contributed by atoms with E-state index in [0.717, 1.165) is 11.4 Å². The predicted octanol–water partition coefficient (Wildman–Crippen LogP) is 1.27. The zero-order valence-corrected chi connectivity index (χ0v) is 9.74. The van der Waals surface area contributed by atoms with Gasteiger partial charge in [-0.15, -0.1) is 0 Å². The number of pyridine rings is 1. The summed E-state index contributed by atoms with van der Waals surface area (Å²) in [6.07, 6.45) is 1.99. The molecule has 17 heavy (non-hydrogen) atoms. The molecule has 3 heteroatoms. The van der Waals surface area contributed by atoms with Gasteiger partial charge >= 0.3 is 0 Å². The molecule has 0 bridgehead atoms. The van der Waals surface area contributed by atoms with Gasteiger partial charge in [-0.3, -0.25) is 0 Å². The van der Waals surface area contributed by atoms with Gasteiger partial charge in [0.2, 0.25) is 0 Å². The van der Waals surface area contributed by atoms with Crippen LogP contribution in [0.15, 0.2) is 54.7 Å². The Morgan fingerprint density at radius 3 is 2.53 bits per heavy atom. The first-order valence-corrected chi connectivity index (χ1v) is 5.72. The molecule has 0 saturated heterocycles. The molecule has 0 amide bonds. The summed E-state index contributed by atoms with van der Waals surface area (Å²) in [6.45, 7) is 0.559. The predicted molar refractivity (Wildman–Crippen MR) is 65.4 cm³/mol. The van der Waals surface area contributed by atoms with Crippen molar-refractivity contribution in [2.75, 3.05) is 11.9 Å². The van der Waals surface area contributed by atoms with Crippen LogP contribution in [0.2, 0.25) is 0 Å². The van der Waals surface area contributed by atoms with Gasteiger partial charge < -0.3 is 5.11 Å². The molecule has 1 aliphatic rings. The average Bonchev–Trinajstić information content (AvgIpc) is 2.65. The number of fused-ring (bicyclic) bond motifs is 1. The second-order valence-corrected chi connectivity index (χ2v) is 4.43. The fraction of sp³-hybridized carbons (Fsp3) is 0.214. The molecular formula is C14H15N2O+. The van der Waals surface area contributed by atoms with Crippen LogP contribution in [0.1, 0.15) is 5.56 Å². The molecule has 3 nitrogen and oxygen atoms in total. The van der Waals surface area contributed by atoms with E-state index >= 15 is 0 Å². The lowest BCUT2D eigenvalue weighted by Crippen LogP contribution is -2.43. The van der Waals surface area contributed by atoms with Gasteiger partial charge in [0.25, 0.3) is 11.5 Å². The Morgan fingerprint density at radius 1 is 1.12 bits per heavy atom. The van der Waals surface area contributed by atoms with Gasteiger partial charge in [0, 0.05) is 11.6 Å². The number of aromatic nitrogens is 1. The minimum absolute atomic E-state index is 0.559. The summed E-state index contributed by atoms with van der Waals surface area (Å²) in [5.41, 5.74) is -0.0264.